The van der Waals surface area contributed by atoms with E-state index < -0.39 is 0 Å². The Balaban J connectivity index is 2.55. The summed E-state index contributed by atoms with van der Waals surface area (Å²) in [5.74, 6) is 1.28. The molecule has 1 aromatic heterocycles. The van der Waals surface area contributed by atoms with E-state index in [0.29, 0.717) is 5.95 Å². The number of nitrogen functional groups attached to an aromatic ring is 1. The van der Waals surface area contributed by atoms with Crippen LogP contribution in [0.2, 0.25) is 0 Å². The molecule has 0 radical (unpaired) electrons. The zero-order valence-electron chi connectivity index (χ0n) is 11.5. The van der Waals surface area contributed by atoms with Gasteiger partial charge in [0, 0.05) is 6.42 Å². The summed E-state index contributed by atoms with van der Waals surface area (Å²) in [5, 5.41) is 4.50. The molecule has 0 amide bonds. The zero-order chi connectivity index (χ0) is 13.3. The van der Waals surface area contributed by atoms with Crippen LogP contribution in [0.25, 0.3) is 5.69 Å². The Morgan fingerprint density at radius 2 is 1.78 bits per heavy atom. The maximum absolute atomic E-state index is 5.97. The summed E-state index contributed by atoms with van der Waals surface area (Å²) in [4.78, 5) is 4.31. The highest BCUT2D eigenvalue weighted by atomic mass is 15.4. The molecule has 1 aromatic carbocycles. The second-order valence-corrected chi connectivity index (χ2v) is 4.80. The SMILES string of the molecule is CCCc1nc(N)n(-c2c(C)cc(C)cc2C)n1. The average Bonchev–Trinajstić information content (AvgIpc) is 2.59. The molecule has 0 fully saturated rings. The van der Waals surface area contributed by atoms with Gasteiger partial charge in [0.25, 0.3) is 0 Å². The third-order valence-electron chi connectivity index (χ3n) is 3.00. The smallest absolute Gasteiger partial charge is 0.223 e. The molecule has 96 valence electrons. The monoisotopic (exact) mass is 244 g/mol. The van der Waals surface area contributed by atoms with Crippen LogP contribution in [0.1, 0.15) is 35.9 Å². The lowest BCUT2D eigenvalue weighted by Crippen LogP contribution is -2.06. The van der Waals surface area contributed by atoms with Crippen LogP contribution in [0.15, 0.2) is 12.1 Å². The van der Waals surface area contributed by atoms with E-state index in [1.807, 2.05) is 0 Å². The first kappa shape index (κ1) is 12.6. The standard InChI is InChI=1S/C14H20N4/c1-5-6-12-16-14(15)18(17-12)13-10(3)7-9(2)8-11(13)4/h7-8H,5-6H2,1-4H3,(H2,15,16,17). The predicted octanol–water partition coefficient (Wildman–Crippen LogP) is 2.73. The van der Waals surface area contributed by atoms with Crippen molar-refractivity contribution >= 4 is 5.95 Å². The third kappa shape index (κ3) is 2.23. The molecule has 2 aromatic rings. The number of aryl methyl sites for hydroxylation is 4. The minimum atomic E-state index is 0.466. The minimum Gasteiger partial charge on any atom is -0.368 e. The summed E-state index contributed by atoms with van der Waals surface area (Å²) in [7, 11) is 0. The second-order valence-electron chi connectivity index (χ2n) is 4.80. The van der Waals surface area contributed by atoms with Gasteiger partial charge in [-0.05, 0) is 38.3 Å². The predicted molar refractivity (Wildman–Crippen MR) is 74.0 cm³/mol. The van der Waals surface area contributed by atoms with Gasteiger partial charge in [-0.15, -0.1) is 5.10 Å². The maximum atomic E-state index is 5.97. The first-order valence-corrected chi connectivity index (χ1v) is 6.32. The molecule has 0 bridgehead atoms. The molecular formula is C14H20N4. The van der Waals surface area contributed by atoms with Crippen molar-refractivity contribution in [3.63, 3.8) is 0 Å². The van der Waals surface area contributed by atoms with Gasteiger partial charge >= 0.3 is 0 Å². The summed E-state index contributed by atoms with van der Waals surface area (Å²) in [5.41, 5.74) is 10.6. The van der Waals surface area contributed by atoms with Gasteiger partial charge in [-0.1, -0.05) is 24.6 Å². The number of nitrogens with two attached hydrogens (primary N) is 1. The quantitative estimate of drug-likeness (QED) is 0.903. The second kappa shape index (κ2) is 4.80. The number of aromatic nitrogens is 3. The first-order valence-electron chi connectivity index (χ1n) is 6.32. The summed E-state index contributed by atoms with van der Waals surface area (Å²) in [6.45, 7) is 8.36. The van der Waals surface area contributed by atoms with E-state index in [9.17, 15) is 0 Å². The molecule has 0 unspecified atom stereocenters. The highest BCUT2D eigenvalue weighted by Gasteiger charge is 2.12. The summed E-state index contributed by atoms with van der Waals surface area (Å²) in [6.07, 6.45) is 1.89. The first-order chi connectivity index (χ1) is 8.52. The van der Waals surface area contributed by atoms with Crippen molar-refractivity contribution in [2.45, 2.75) is 40.5 Å². The van der Waals surface area contributed by atoms with Crippen molar-refractivity contribution in [3.05, 3.63) is 34.6 Å². The van der Waals surface area contributed by atoms with Gasteiger partial charge in [0.15, 0.2) is 5.82 Å². The number of rotatable bonds is 3. The molecule has 4 nitrogen and oxygen atoms in total. The summed E-state index contributed by atoms with van der Waals surface area (Å²) >= 11 is 0. The number of hydrogen-bond acceptors (Lipinski definition) is 3. The van der Waals surface area contributed by atoms with E-state index in [1.54, 1.807) is 4.68 Å². The minimum absolute atomic E-state index is 0.466. The number of benzene rings is 1. The normalized spacial score (nSPS) is 10.9. The molecule has 0 atom stereocenters. The van der Waals surface area contributed by atoms with Crippen molar-refractivity contribution in [3.8, 4) is 5.69 Å². The van der Waals surface area contributed by atoms with Crippen molar-refractivity contribution in [1.82, 2.24) is 14.8 Å². The Bertz CT molecular complexity index is 546. The van der Waals surface area contributed by atoms with E-state index in [4.69, 9.17) is 5.73 Å². The lowest BCUT2D eigenvalue weighted by molar-refractivity contribution is 0.796. The van der Waals surface area contributed by atoms with Crippen LogP contribution in [0.4, 0.5) is 5.95 Å². The van der Waals surface area contributed by atoms with Gasteiger partial charge in [0.1, 0.15) is 0 Å². The Morgan fingerprint density at radius 3 is 2.33 bits per heavy atom. The Labute approximate surface area is 108 Å². The Hall–Kier alpha value is -1.84. The zero-order valence-corrected chi connectivity index (χ0v) is 11.5. The van der Waals surface area contributed by atoms with Crippen molar-refractivity contribution in [2.24, 2.45) is 0 Å². The molecule has 0 aliphatic carbocycles. The molecule has 0 saturated heterocycles. The molecular weight excluding hydrogens is 224 g/mol. The van der Waals surface area contributed by atoms with E-state index in [0.717, 1.165) is 24.4 Å². The van der Waals surface area contributed by atoms with Gasteiger partial charge in [-0.25, -0.2) is 0 Å². The van der Waals surface area contributed by atoms with E-state index >= 15 is 0 Å². The van der Waals surface area contributed by atoms with Crippen LogP contribution in [0.5, 0.6) is 0 Å². The van der Waals surface area contributed by atoms with Gasteiger partial charge in [-0.2, -0.15) is 9.67 Å². The molecule has 0 spiro atoms. The fourth-order valence-corrected chi connectivity index (χ4v) is 2.37. The summed E-state index contributed by atoms with van der Waals surface area (Å²) < 4.78 is 1.76. The molecule has 4 heteroatoms. The molecule has 1 heterocycles. The average molecular weight is 244 g/mol. The lowest BCUT2D eigenvalue weighted by atomic mass is 10.1. The highest BCUT2D eigenvalue weighted by Crippen LogP contribution is 2.22. The Kier molecular flexibility index (Phi) is 3.36. The molecule has 0 aliphatic rings. The van der Waals surface area contributed by atoms with Crippen LogP contribution < -0.4 is 5.73 Å². The molecule has 0 saturated carbocycles. The van der Waals surface area contributed by atoms with Crippen molar-refractivity contribution < 1.29 is 0 Å². The molecule has 2 rings (SSSR count). The molecule has 0 aliphatic heterocycles. The summed E-state index contributed by atoms with van der Waals surface area (Å²) in [6, 6.07) is 4.28. The maximum Gasteiger partial charge on any atom is 0.223 e. The highest BCUT2D eigenvalue weighted by molar-refractivity contribution is 5.51. The van der Waals surface area contributed by atoms with Crippen LogP contribution in [-0.2, 0) is 6.42 Å². The van der Waals surface area contributed by atoms with Gasteiger partial charge in [-0.3, -0.25) is 0 Å². The van der Waals surface area contributed by atoms with Crippen LogP contribution in [0, 0.1) is 20.8 Å². The van der Waals surface area contributed by atoms with Crippen LogP contribution in [0.3, 0.4) is 0 Å². The van der Waals surface area contributed by atoms with Crippen LogP contribution in [-0.4, -0.2) is 14.8 Å². The molecule has 2 N–H and O–H groups in total. The number of nitrogens with zero attached hydrogens (tertiary/aromatic N) is 3. The Morgan fingerprint density at radius 1 is 1.17 bits per heavy atom. The fourth-order valence-electron chi connectivity index (χ4n) is 2.37. The largest absolute Gasteiger partial charge is 0.368 e. The fraction of sp³-hybridized carbons (Fsp3) is 0.429. The van der Waals surface area contributed by atoms with E-state index in [-0.39, 0.29) is 0 Å². The van der Waals surface area contributed by atoms with Crippen LogP contribution >= 0.6 is 0 Å². The third-order valence-corrected chi connectivity index (χ3v) is 3.00. The number of anilines is 1. The van der Waals surface area contributed by atoms with Crippen molar-refractivity contribution in [2.75, 3.05) is 5.73 Å². The van der Waals surface area contributed by atoms with Gasteiger partial charge in [0.2, 0.25) is 5.95 Å². The van der Waals surface area contributed by atoms with Gasteiger partial charge < -0.3 is 5.73 Å². The molecule has 18 heavy (non-hydrogen) atoms. The van der Waals surface area contributed by atoms with Crippen molar-refractivity contribution in [1.29, 1.82) is 0 Å². The topological polar surface area (TPSA) is 56.7 Å². The lowest BCUT2D eigenvalue weighted by Gasteiger charge is -2.11. The number of hydrogen-bond donors (Lipinski definition) is 1. The van der Waals surface area contributed by atoms with E-state index in [1.165, 1.54) is 16.7 Å². The van der Waals surface area contributed by atoms with E-state index in [2.05, 4.69) is 49.9 Å². The van der Waals surface area contributed by atoms with Gasteiger partial charge in [0.05, 0.1) is 5.69 Å².